The Labute approximate surface area is 148 Å². The number of non-ortho nitro benzene ring substituents is 1. The highest BCUT2D eigenvalue weighted by Crippen LogP contribution is 2.34. The summed E-state index contributed by atoms with van der Waals surface area (Å²) in [5.74, 6) is 0.494. The zero-order valence-corrected chi connectivity index (χ0v) is 14.6. The zero-order valence-electron chi connectivity index (χ0n) is 14.6. The van der Waals surface area contributed by atoms with Crippen LogP contribution >= 0.6 is 0 Å². The van der Waals surface area contributed by atoms with Crippen LogP contribution in [-0.4, -0.2) is 60.4 Å². The summed E-state index contributed by atoms with van der Waals surface area (Å²) in [4.78, 5) is 15.1. The van der Waals surface area contributed by atoms with Gasteiger partial charge in [0, 0.05) is 25.7 Å². The highest BCUT2D eigenvalue weighted by Gasteiger charge is 2.21. The lowest BCUT2D eigenvalue weighted by Gasteiger charge is -2.28. The maximum atomic E-state index is 11.1. The minimum absolute atomic E-state index is 0.0171. The molecular formula is C18H27N3O4. The Morgan fingerprint density at radius 3 is 2.48 bits per heavy atom. The third-order valence-electron chi connectivity index (χ3n) is 4.95. The molecule has 25 heavy (non-hydrogen) atoms. The highest BCUT2D eigenvalue weighted by atomic mass is 16.6. The van der Waals surface area contributed by atoms with Crippen molar-refractivity contribution in [2.24, 2.45) is 0 Å². The van der Waals surface area contributed by atoms with Crippen LogP contribution in [0.5, 0.6) is 5.75 Å². The number of nitro groups is 1. The van der Waals surface area contributed by atoms with Crippen molar-refractivity contribution in [2.45, 2.75) is 38.2 Å². The van der Waals surface area contributed by atoms with Crippen LogP contribution in [0.1, 0.15) is 32.1 Å². The van der Waals surface area contributed by atoms with Crippen molar-refractivity contribution in [3.05, 3.63) is 28.3 Å². The number of ether oxygens (including phenoxy) is 1. The molecule has 0 aliphatic carbocycles. The van der Waals surface area contributed by atoms with E-state index in [4.69, 9.17) is 4.74 Å². The number of β-amino-alcohol motifs (C(OH)–C–C–N with tert-alkyl or cyclic N) is 1. The Morgan fingerprint density at radius 1 is 1.12 bits per heavy atom. The predicted octanol–water partition coefficient (Wildman–Crippen LogP) is 2.42. The Morgan fingerprint density at radius 2 is 1.80 bits per heavy atom. The quantitative estimate of drug-likeness (QED) is 0.602. The average molecular weight is 349 g/mol. The van der Waals surface area contributed by atoms with Crippen LogP contribution in [0.3, 0.4) is 0 Å². The van der Waals surface area contributed by atoms with Crippen LogP contribution in [-0.2, 0) is 0 Å². The fraction of sp³-hybridized carbons (Fsp3) is 0.667. The third-order valence-corrected chi connectivity index (χ3v) is 4.95. The molecule has 0 spiro atoms. The van der Waals surface area contributed by atoms with Gasteiger partial charge in [0.1, 0.15) is 18.5 Å². The van der Waals surface area contributed by atoms with Gasteiger partial charge in [-0.25, -0.2) is 0 Å². The molecule has 138 valence electrons. The van der Waals surface area contributed by atoms with Gasteiger partial charge in [0.05, 0.1) is 16.7 Å². The molecule has 0 bridgehead atoms. The van der Waals surface area contributed by atoms with Gasteiger partial charge in [-0.3, -0.25) is 10.1 Å². The zero-order chi connectivity index (χ0) is 17.6. The molecule has 7 nitrogen and oxygen atoms in total. The van der Waals surface area contributed by atoms with Gasteiger partial charge in [-0.05, 0) is 44.8 Å². The van der Waals surface area contributed by atoms with Gasteiger partial charge in [0.25, 0.3) is 5.69 Å². The van der Waals surface area contributed by atoms with Crippen LogP contribution in [0.2, 0.25) is 0 Å². The molecule has 2 aliphatic rings. The number of hydrogen-bond donors (Lipinski definition) is 1. The van der Waals surface area contributed by atoms with Gasteiger partial charge >= 0.3 is 0 Å². The molecule has 3 rings (SSSR count). The summed E-state index contributed by atoms with van der Waals surface area (Å²) >= 11 is 0. The molecule has 0 amide bonds. The minimum atomic E-state index is -0.594. The summed E-state index contributed by atoms with van der Waals surface area (Å²) in [7, 11) is 0. The maximum Gasteiger partial charge on any atom is 0.273 e. The summed E-state index contributed by atoms with van der Waals surface area (Å²) in [6.45, 7) is 4.65. The van der Waals surface area contributed by atoms with Gasteiger partial charge in [0.15, 0.2) is 0 Å². The number of rotatable bonds is 7. The predicted molar refractivity (Wildman–Crippen MR) is 96.3 cm³/mol. The fourth-order valence-electron chi connectivity index (χ4n) is 3.63. The van der Waals surface area contributed by atoms with E-state index >= 15 is 0 Å². The molecule has 0 radical (unpaired) electrons. The van der Waals surface area contributed by atoms with E-state index < -0.39 is 11.0 Å². The SMILES string of the molecule is O=[N+]([O-])c1ccc(N2CCCC2)c(OCC(O)CN2CCCCC2)c1. The minimum Gasteiger partial charge on any atom is -0.488 e. The second kappa shape index (κ2) is 8.49. The molecule has 1 aromatic carbocycles. The number of benzene rings is 1. The molecule has 1 atom stereocenters. The Balaban J connectivity index is 1.64. The average Bonchev–Trinajstić information content (AvgIpc) is 3.15. The van der Waals surface area contributed by atoms with Crippen molar-refractivity contribution in [3.63, 3.8) is 0 Å². The second-order valence-electron chi connectivity index (χ2n) is 6.93. The van der Waals surface area contributed by atoms with E-state index in [-0.39, 0.29) is 12.3 Å². The first-order chi connectivity index (χ1) is 12.1. The standard InChI is InChI=1S/C18H27N3O4/c22-16(13-19-8-2-1-3-9-19)14-25-18-12-15(21(23)24)6-7-17(18)20-10-4-5-11-20/h6-7,12,16,22H,1-5,8-11,13-14H2. The van der Waals surface area contributed by atoms with Crippen molar-refractivity contribution in [1.82, 2.24) is 4.90 Å². The molecule has 2 heterocycles. The van der Waals surface area contributed by atoms with E-state index in [1.807, 2.05) is 0 Å². The van der Waals surface area contributed by atoms with Crippen molar-refractivity contribution < 1.29 is 14.8 Å². The first kappa shape index (κ1) is 17.9. The lowest BCUT2D eigenvalue weighted by molar-refractivity contribution is -0.384. The monoisotopic (exact) mass is 349 g/mol. The molecule has 2 fully saturated rings. The molecule has 1 N–H and O–H groups in total. The van der Waals surface area contributed by atoms with Crippen molar-refractivity contribution in [3.8, 4) is 5.75 Å². The number of anilines is 1. The number of nitrogens with zero attached hydrogens (tertiary/aromatic N) is 3. The third kappa shape index (κ3) is 4.83. The van der Waals surface area contributed by atoms with Crippen LogP contribution in [0.15, 0.2) is 18.2 Å². The summed E-state index contributed by atoms with van der Waals surface area (Å²) in [5.41, 5.74) is 0.900. The van der Waals surface area contributed by atoms with Crippen LogP contribution < -0.4 is 9.64 Å². The largest absolute Gasteiger partial charge is 0.488 e. The van der Waals surface area contributed by atoms with E-state index in [1.165, 1.54) is 31.4 Å². The van der Waals surface area contributed by atoms with Crippen molar-refractivity contribution >= 4 is 11.4 Å². The Kier molecular flexibility index (Phi) is 6.09. The summed E-state index contributed by atoms with van der Waals surface area (Å²) in [6.07, 6.45) is 5.26. The van der Waals surface area contributed by atoms with Crippen LogP contribution in [0.4, 0.5) is 11.4 Å². The van der Waals surface area contributed by atoms with Crippen LogP contribution in [0, 0.1) is 10.1 Å². The number of aliphatic hydroxyl groups is 1. The summed E-state index contributed by atoms with van der Waals surface area (Å²) in [6, 6.07) is 4.75. The molecule has 2 saturated heterocycles. The van der Waals surface area contributed by atoms with Crippen molar-refractivity contribution in [2.75, 3.05) is 44.2 Å². The highest BCUT2D eigenvalue weighted by molar-refractivity contribution is 5.62. The van der Waals surface area contributed by atoms with Gasteiger partial charge < -0.3 is 19.6 Å². The second-order valence-corrected chi connectivity index (χ2v) is 6.93. The molecule has 1 aromatic rings. The van der Waals surface area contributed by atoms with E-state index in [0.717, 1.165) is 44.7 Å². The molecule has 2 aliphatic heterocycles. The molecule has 7 heteroatoms. The lowest BCUT2D eigenvalue weighted by Crippen LogP contribution is -2.38. The van der Waals surface area contributed by atoms with E-state index in [9.17, 15) is 15.2 Å². The van der Waals surface area contributed by atoms with Gasteiger partial charge in [-0.15, -0.1) is 0 Å². The molecular weight excluding hydrogens is 322 g/mol. The summed E-state index contributed by atoms with van der Waals surface area (Å²) in [5, 5.41) is 21.4. The van der Waals surface area contributed by atoms with Crippen molar-refractivity contribution in [1.29, 1.82) is 0 Å². The molecule has 0 saturated carbocycles. The lowest BCUT2D eigenvalue weighted by atomic mass is 10.1. The van der Waals surface area contributed by atoms with Gasteiger partial charge in [0.2, 0.25) is 0 Å². The number of aliphatic hydroxyl groups excluding tert-OH is 1. The number of nitro benzene ring substituents is 1. The van der Waals surface area contributed by atoms with Gasteiger partial charge in [-0.1, -0.05) is 6.42 Å². The first-order valence-corrected chi connectivity index (χ1v) is 9.20. The van der Waals surface area contributed by atoms with E-state index in [1.54, 1.807) is 6.07 Å². The number of likely N-dealkylation sites (tertiary alicyclic amines) is 1. The topological polar surface area (TPSA) is 79.1 Å². The maximum absolute atomic E-state index is 11.1. The number of hydrogen-bond acceptors (Lipinski definition) is 6. The van der Waals surface area contributed by atoms with E-state index in [0.29, 0.717) is 12.3 Å². The summed E-state index contributed by atoms with van der Waals surface area (Å²) < 4.78 is 5.82. The van der Waals surface area contributed by atoms with E-state index in [2.05, 4.69) is 9.80 Å². The Hall–Kier alpha value is -1.86. The number of piperidine rings is 1. The fourth-order valence-corrected chi connectivity index (χ4v) is 3.63. The molecule has 0 aromatic heterocycles. The van der Waals surface area contributed by atoms with Crippen LogP contribution in [0.25, 0.3) is 0 Å². The molecule has 1 unspecified atom stereocenters. The van der Waals surface area contributed by atoms with Gasteiger partial charge in [-0.2, -0.15) is 0 Å². The smallest absolute Gasteiger partial charge is 0.273 e. The Bertz CT molecular complexity index is 584. The normalized spacial score (nSPS) is 19.8. The first-order valence-electron chi connectivity index (χ1n) is 9.20.